The number of amides is 2. The Morgan fingerprint density at radius 3 is 2.46 bits per heavy atom. The Kier molecular flexibility index (Phi) is 5.74. The SMILES string of the molecule is CCN(CC)c1ccc(/C=C2\SC(=O)N(Cc3ccc(Cl)cc3)C2=O)o1. The molecule has 1 aliphatic heterocycles. The van der Waals surface area contributed by atoms with Gasteiger partial charge in [-0.3, -0.25) is 14.5 Å². The number of carbonyl (C=O) groups excluding carboxylic acids is 2. The Balaban J connectivity index is 1.75. The normalized spacial score (nSPS) is 16.0. The van der Waals surface area contributed by atoms with Gasteiger partial charge < -0.3 is 9.32 Å². The number of furan rings is 1. The third-order valence-corrected chi connectivity index (χ3v) is 5.25. The van der Waals surface area contributed by atoms with E-state index >= 15 is 0 Å². The van der Waals surface area contributed by atoms with Crippen molar-refractivity contribution in [2.75, 3.05) is 18.0 Å². The maximum Gasteiger partial charge on any atom is 0.293 e. The van der Waals surface area contributed by atoms with E-state index in [4.69, 9.17) is 16.0 Å². The Morgan fingerprint density at radius 1 is 1.12 bits per heavy atom. The van der Waals surface area contributed by atoms with Gasteiger partial charge in [-0.1, -0.05) is 23.7 Å². The molecular formula is C19H19ClN2O3S. The molecule has 2 amide bonds. The minimum atomic E-state index is -0.310. The number of benzene rings is 1. The molecule has 2 heterocycles. The van der Waals surface area contributed by atoms with Gasteiger partial charge in [-0.15, -0.1) is 0 Å². The first-order valence-electron chi connectivity index (χ1n) is 8.36. The van der Waals surface area contributed by atoms with Gasteiger partial charge in [0, 0.05) is 30.3 Å². The van der Waals surface area contributed by atoms with Crippen LogP contribution in [-0.2, 0) is 11.3 Å². The predicted octanol–water partition coefficient (Wildman–Crippen LogP) is 5.02. The second kappa shape index (κ2) is 8.01. The molecule has 0 unspecified atom stereocenters. The van der Waals surface area contributed by atoms with Crippen LogP contribution >= 0.6 is 23.4 Å². The number of imide groups is 1. The minimum absolute atomic E-state index is 0.224. The van der Waals surface area contributed by atoms with Crippen LogP contribution in [-0.4, -0.2) is 29.1 Å². The van der Waals surface area contributed by atoms with Crippen molar-refractivity contribution in [2.24, 2.45) is 0 Å². The maximum absolute atomic E-state index is 12.6. The summed E-state index contributed by atoms with van der Waals surface area (Å²) in [6.07, 6.45) is 1.62. The summed E-state index contributed by atoms with van der Waals surface area (Å²) in [4.78, 5) is 28.5. The molecule has 1 fully saturated rings. The molecule has 3 rings (SSSR count). The summed E-state index contributed by atoms with van der Waals surface area (Å²) in [5.74, 6) is 1.00. The molecule has 5 nitrogen and oxygen atoms in total. The summed E-state index contributed by atoms with van der Waals surface area (Å²) in [7, 11) is 0. The lowest BCUT2D eigenvalue weighted by atomic mass is 10.2. The monoisotopic (exact) mass is 390 g/mol. The Hall–Kier alpha value is -2.18. The average molecular weight is 391 g/mol. The van der Waals surface area contributed by atoms with Crippen LogP contribution < -0.4 is 4.90 Å². The lowest BCUT2D eigenvalue weighted by Gasteiger charge is -2.16. The second-order valence-electron chi connectivity index (χ2n) is 5.74. The molecule has 1 aromatic carbocycles. The molecule has 2 aromatic rings. The van der Waals surface area contributed by atoms with Crippen molar-refractivity contribution in [1.29, 1.82) is 0 Å². The Morgan fingerprint density at radius 2 is 1.81 bits per heavy atom. The molecule has 7 heteroatoms. The van der Waals surface area contributed by atoms with Crippen molar-refractivity contribution in [2.45, 2.75) is 20.4 Å². The van der Waals surface area contributed by atoms with Crippen molar-refractivity contribution in [3.05, 3.63) is 57.6 Å². The van der Waals surface area contributed by atoms with Crippen LogP contribution in [0.15, 0.2) is 45.7 Å². The number of nitrogens with zero attached hydrogens (tertiary/aromatic N) is 2. The summed E-state index contributed by atoms with van der Waals surface area (Å²) >= 11 is 6.80. The van der Waals surface area contributed by atoms with Crippen LogP contribution in [0.25, 0.3) is 6.08 Å². The molecule has 0 radical (unpaired) electrons. The number of thioether (sulfide) groups is 1. The highest BCUT2D eigenvalue weighted by Gasteiger charge is 2.35. The first-order valence-corrected chi connectivity index (χ1v) is 9.55. The summed E-state index contributed by atoms with van der Waals surface area (Å²) in [6, 6.07) is 10.8. The highest BCUT2D eigenvalue weighted by atomic mass is 35.5. The molecule has 26 heavy (non-hydrogen) atoms. The molecule has 0 spiro atoms. The van der Waals surface area contributed by atoms with E-state index < -0.39 is 0 Å². The highest BCUT2D eigenvalue weighted by Crippen LogP contribution is 2.34. The van der Waals surface area contributed by atoms with E-state index in [0.717, 1.165) is 36.3 Å². The second-order valence-corrected chi connectivity index (χ2v) is 7.17. The van der Waals surface area contributed by atoms with Crippen molar-refractivity contribution in [3.63, 3.8) is 0 Å². The first kappa shape index (κ1) is 18.6. The molecule has 0 atom stereocenters. The number of hydrogen-bond donors (Lipinski definition) is 0. The minimum Gasteiger partial charge on any atom is -0.441 e. The Labute approximate surface area is 161 Å². The summed E-state index contributed by atoms with van der Waals surface area (Å²) in [6.45, 7) is 5.99. The van der Waals surface area contributed by atoms with E-state index in [0.29, 0.717) is 15.7 Å². The molecule has 0 aliphatic carbocycles. The molecular weight excluding hydrogens is 372 g/mol. The van der Waals surface area contributed by atoms with Gasteiger partial charge in [0.05, 0.1) is 11.4 Å². The maximum atomic E-state index is 12.6. The zero-order chi connectivity index (χ0) is 18.7. The molecule has 0 saturated carbocycles. The molecule has 1 aromatic heterocycles. The lowest BCUT2D eigenvalue weighted by molar-refractivity contribution is -0.123. The van der Waals surface area contributed by atoms with Crippen molar-refractivity contribution >= 4 is 46.5 Å². The summed E-state index contributed by atoms with van der Waals surface area (Å²) in [5, 5.41) is 0.330. The molecule has 136 valence electrons. The van der Waals surface area contributed by atoms with E-state index in [1.807, 2.05) is 19.9 Å². The van der Waals surface area contributed by atoms with Gasteiger partial charge in [0.25, 0.3) is 11.1 Å². The van der Waals surface area contributed by atoms with E-state index in [1.165, 1.54) is 4.90 Å². The zero-order valence-corrected chi connectivity index (χ0v) is 16.1. The zero-order valence-electron chi connectivity index (χ0n) is 14.6. The quantitative estimate of drug-likeness (QED) is 0.648. The molecule has 1 saturated heterocycles. The van der Waals surface area contributed by atoms with Gasteiger partial charge >= 0.3 is 0 Å². The van der Waals surface area contributed by atoms with Gasteiger partial charge in [0.2, 0.25) is 0 Å². The van der Waals surface area contributed by atoms with Crippen molar-refractivity contribution < 1.29 is 14.0 Å². The highest BCUT2D eigenvalue weighted by molar-refractivity contribution is 8.18. The number of hydrogen-bond acceptors (Lipinski definition) is 5. The Bertz CT molecular complexity index is 841. The van der Waals surface area contributed by atoms with Crippen molar-refractivity contribution in [1.82, 2.24) is 4.90 Å². The molecule has 1 aliphatic rings. The fraction of sp³-hybridized carbons (Fsp3) is 0.263. The third-order valence-electron chi connectivity index (χ3n) is 4.09. The number of rotatable bonds is 6. The van der Waals surface area contributed by atoms with Crippen LogP contribution in [0.2, 0.25) is 5.02 Å². The first-order chi connectivity index (χ1) is 12.5. The molecule has 0 N–H and O–H groups in total. The largest absolute Gasteiger partial charge is 0.441 e. The van der Waals surface area contributed by atoms with E-state index in [2.05, 4.69) is 4.90 Å². The third kappa shape index (κ3) is 3.97. The van der Waals surface area contributed by atoms with Gasteiger partial charge in [0.1, 0.15) is 5.76 Å². The number of halogens is 1. The van der Waals surface area contributed by atoms with Crippen LogP contribution in [0.3, 0.4) is 0 Å². The van der Waals surface area contributed by atoms with Crippen LogP contribution in [0.5, 0.6) is 0 Å². The number of carbonyl (C=O) groups is 2. The topological polar surface area (TPSA) is 53.8 Å². The van der Waals surface area contributed by atoms with E-state index in [-0.39, 0.29) is 17.7 Å². The van der Waals surface area contributed by atoms with Crippen LogP contribution in [0, 0.1) is 0 Å². The smallest absolute Gasteiger partial charge is 0.293 e. The fourth-order valence-electron chi connectivity index (χ4n) is 2.66. The van der Waals surface area contributed by atoms with Gasteiger partial charge in [0.15, 0.2) is 5.88 Å². The summed E-state index contributed by atoms with van der Waals surface area (Å²) in [5.41, 5.74) is 0.847. The van der Waals surface area contributed by atoms with Gasteiger partial charge in [-0.05, 0) is 49.4 Å². The summed E-state index contributed by atoms with van der Waals surface area (Å²) < 4.78 is 5.78. The van der Waals surface area contributed by atoms with Gasteiger partial charge in [-0.2, -0.15) is 0 Å². The average Bonchev–Trinajstić information content (AvgIpc) is 3.18. The van der Waals surface area contributed by atoms with Crippen LogP contribution in [0.4, 0.5) is 10.7 Å². The predicted molar refractivity (Wildman–Crippen MR) is 105 cm³/mol. The van der Waals surface area contributed by atoms with Gasteiger partial charge in [-0.25, -0.2) is 0 Å². The fourth-order valence-corrected chi connectivity index (χ4v) is 3.61. The molecule has 0 bridgehead atoms. The van der Waals surface area contributed by atoms with Crippen LogP contribution in [0.1, 0.15) is 25.2 Å². The standard InChI is InChI=1S/C19H19ClN2O3S/c1-3-21(4-2)17-10-9-15(25-17)11-16-18(23)22(19(24)26-16)12-13-5-7-14(20)8-6-13/h5-11H,3-4,12H2,1-2H3/b16-11-. The van der Waals surface area contributed by atoms with E-state index in [1.54, 1.807) is 36.4 Å². The lowest BCUT2D eigenvalue weighted by Crippen LogP contribution is -2.27. The van der Waals surface area contributed by atoms with E-state index in [9.17, 15) is 9.59 Å². The number of anilines is 1. The van der Waals surface area contributed by atoms with Crippen molar-refractivity contribution in [3.8, 4) is 0 Å².